The Morgan fingerprint density at radius 3 is 2.40 bits per heavy atom. The molecular formula is C29H55FN8O10. The first-order chi connectivity index (χ1) is 22.9. The lowest BCUT2D eigenvalue weighted by Crippen LogP contribution is -2.67. The van der Waals surface area contributed by atoms with Crippen molar-refractivity contribution in [3.63, 3.8) is 0 Å². The number of nitrogens with two attached hydrogens (primary N) is 5. The molecule has 4 aliphatic rings. The largest absolute Gasteiger partial charge is 0.394 e. The molecule has 0 aromatic heterocycles. The van der Waals surface area contributed by atoms with Crippen molar-refractivity contribution in [2.24, 2.45) is 45.5 Å². The van der Waals surface area contributed by atoms with Crippen molar-refractivity contribution >= 4 is 11.7 Å². The molecule has 0 spiro atoms. The van der Waals surface area contributed by atoms with E-state index in [0.29, 0.717) is 6.54 Å². The van der Waals surface area contributed by atoms with Gasteiger partial charge in [-0.1, -0.05) is 0 Å². The maximum absolute atomic E-state index is 16.7. The average molecular weight is 695 g/mol. The summed E-state index contributed by atoms with van der Waals surface area (Å²) in [4.78, 5) is 17.2. The second-order valence-electron chi connectivity index (χ2n) is 13.3. The lowest BCUT2D eigenvalue weighted by Gasteiger charge is -2.48. The number of hydrogen-bond donors (Lipinski definition) is 12. The fourth-order valence-corrected chi connectivity index (χ4v) is 6.82. The second-order valence-corrected chi connectivity index (χ2v) is 13.3. The number of nitrogens with zero attached hydrogens (tertiary/aromatic N) is 1. The predicted molar refractivity (Wildman–Crippen MR) is 168 cm³/mol. The number of aliphatic hydroxyl groups excluding tert-OH is 5. The van der Waals surface area contributed by atoms with Crippen LogP contribution in [-0.4, -0.2) is 162 Å². The zero-order valence-electron chi connectivity index (χ0n) is 27.0. The van der Waals surface area contributed by atoms with Crippen LogP contribution < -0.4 is 39.3 Å². The Morgan fingerprint density at radius 2 is 1.75 bits per heavy atom. The lowest BCUT2D eigenvalue weighted by molar-refractivity contribution is -0.315. The van der Waals surface area contributed by atoms with Crippen LogP contribution in [0.15, 0.2) is 4.99 Å². The number of carbonyl (C=O) groups is 1. The fraction of sp³-hybridized carbons (Fsp3) is 0.931. The number of aliphatic hydroxyl groups is 5. The van der Waals surface area contributed by atoms with Crippen LogP contribution in [0.1, 0.15) is 32.1 Å². The highest BCUT2D eigenvalue weighted by atomic mass is 19.1. The molecule has 3 saturated heterocycles. The first-order valence-electron chi connectivity index (χ1n) is 16.7. The molecule has 16 atom stereocenters. The molecule has 0 radical (unpaired) electrons. The highest BCUT2D eigenvalue weighted by Gasteiger charge is 2.52. The summed E-state index contributed by atoms with van der Waals surface area (Å²) in [6, 6.07) is -3.08. The molecule has 3 aliphatic heterocycles. The summed E-state index contributed by atoms with van der Waals surface area (Å²) in [5.41, 5.74) is 29.8. The zero-order chi connectivity index (χ0) is 35.1. The van der Waals surface area contributed by atoms with E-state index in [1.54, 1.807) is 0 Å². The average Bonchev–Trinajstić information content (AvgIpc) is 3.58. The zero-order valence-corrected chi connectivity index (χ0v) is 27.0. The molecule has 4 rings (SSSR count). The van der Waals surface area contributed by atoms with Crippen molar-refractivity contribution < 1.29 is 53.7 Å². The van der Waals surface area contributed by atoms with Gasteiger partial charge in [0.1, 0.15) is 30.5 Å². The predicted octanol–water partition coefficient (Wildman–Crippen LogP) is -5.81. The van der Waals surface area contributed by atoms with Crippen molar-refractivity contribution in [1.29, 1.82) is 0 Å². The molecule has 1 saturated carbocycles. The number of alkyl halides is 1. The molecule has 0 aromatic rings. The molecule has 0 bridgehead atoms. The van der Waals surface area contributed by atoms with Crippen LogP contribution in [0.25, 0.3) is 0 Å². The number of Topliss-reactive ketones (excluding diaryl/α,β-unsaturated/α-hetero) is 1. The quantitative estimate of drug-likeness (QED) is 0.0595. The Hall–Kier alpha value is -1.69. The number of ketones is 1. The van der Waals surface area contributed by atoms with Gasteiger partial charge >= 0.3 is 0 Å². The standard InChI is InChI=1S/C29H55FN8O10/c30-21-25(47-28-24(44)22(23(43)20(11-39)46-28)38-29(35)37-10-12-2-4-36-9-12)13(6-17(41)16(40)1-3-31)5-14(33)26(21)48-27-15(34)7-18(42)19(8-32)45-27/h12-16,18-28,36,39-40,42-44H,1-11,31-34H2,(H3,35,37,38)/t12-,13-,14?,15?,16-,18-,19?,20+,21+,22?,23+,24+,25?,26+,27+,28?/m0/s1. The van der Waals surface area contributed by atoms with E-state index in [4.69, 9.17) is 47.6 Å². The van der Waals surface area contributed by atoms with Crippen molar-refractivity contribution in [3.8, 4) is 0 Å². The topological polar surface area (TPSA) is 322 Å². The van der Waals surface area contributed by atoms with Gasteiger partial charge in [-0.15, -0.1) is 0 Å². The van der Waals surface area contributed by atoms with Crippen LogP contribution in [0.4, 0.5) is 4.39 Å². The molecule has 4 fully saturated rings. The van der Waals surface area contributed by atoms with Gasteiger partial charge in [0.05, 0.1) is 37.0 Å². The van der Waals surface area contributed by atoms with Gasteiger partial charge < -0.3 is 83.8 Å². The van der Waals surface area contributed by atoms with E-state index in [9.17, 15) is 30.3 Å². The summed E-state index contributed by atoms with van der Waals surface area (Å²) in [7, 11) is 0. The van der Waals surface area contributed by atoms with Crippen LogP contribution >= 0.6 is 0 Å². The summed E-state index contributed by atoms with van der Waals surface area (Å²) in [6.07, 6.45) is -14.7. The fourth-order valence-electron chi connectivity index (χ4n) is 6.82. The third-order valence-electron chi connectivity index (χ3n) is 9.66. The van der Waals surface area contributed by atoms with Gasteiger partial charge in [-0.25, -0.2) is 4.39 Å². The minimum Gasteiger partial charge on any atom is -0.394 e. The smallest absolute Gasteiger partial charge is 0.188 e. The minimum atomic E-state index is -2.05. The number of aliphatic imine (C=N–C) groups is 1. The molecule has 1 aliphatic carbocycles. The number of halogens is 1. The maximum atomic E-state index is 16.7. The molecule has 18 nitrogen and oxygen atoms in total. The highest BCUT2D eigenvalue weighted by molar-refractivity contribution is 5.83. The number of guanidine groups is 1. The van der Waals surface area contributed by atoms with E-state index >= 15 is 4.39 Å². The number of hydrogen-bond acceptors (Lipinski definition) is 16. The normalized spacial score (nSPS) is 43.2. The first kappa shape index (κ1) is 39.1. The molecule has 19 heteroatoms. The van der Waals surface area contributed by atoms with Crippen LogP contribution in [-0.2, 0) is 23.7 Å². The van der Waals surface area contributed by atoms with E-state index in [-0.39, 0.29) is 50.7 Å². The van der Waals surface area contributed by atoms with Gasteiger partial charge in [0, 0.05) is 25.6 Å². The Balaban J connectivity index is 1.55. The number of ether oxygens (including phenoxy) is 4. The molecule has 17 N–H and O–H groups in total. The SMILES string of the molecule is NCC[C@H](O)C(=O)C[C@@H]1CC(N)[C@@H](O[C@H]2OC(CN)[C@@H](O)CC2N)[C@H](F)C1OC1O[C@H](CO)[C@@H](O)C(NC(N)=NC[C@H]2CCNC2)[C@H]1O. The van der Waals surface area contributed by atoms with Crippen molar-refractivity contribution in [2.75, 3.05) is 39.3 Å². The summed E-state index contributed by atoms with van der Waals surface area (Å²) in [5.74, 6) is -1.33. The summed E-state index contributed by atoms with van der Waals surface area (Å²) >= 11 is 0. The van der Waals surface area contributed by atoms with Crippen molar-refractivity contribution in [3.05, 3.63) is 0 Å². The van der Waals surface area contributed by atoms with Crippen molar-refractivity contribution in [1.82, 2.24) is 10.6 Å². The number of rotatable bonds is 14. The Bertz CT molecular complexity index is 1050. The maximum Gasteiger partial charge on any atom is 0.188 e. The second kappa shape index (κ2) is 18.0. The third kappa shape index (κ3) is 9.55. The Kier molecular flexibility index (Phi) is 14.7. The van der Waals surface area contributed by atoms with E-state index in [2.05, 4.69) is 15.6 Å². The van der Waals surface area contributed by atoms with Crippen molar-refractivity contribution in [2.45, 2.75) is 118 Å². The highest BCUT2D eigenvalue weighted by Crippen LogP contribution is 2.37. The monoisotopic (exact) mass is 694 g/mol. The van der Waals surface area contributed by atoms with Gasteiger partial charge in [0.15, 0.2) is 30.5 Å². The summed E-state index contributed by atoms with van der Waals surface area (Å²) in [6.45, 7) is 1.37. The van der Waals surface area contributed by atoms with E-state index in [1.165, 1.54) is 0 Å². The van der Waals surface area contributed by atoms with Gasteiger partial charge in [-0.2, -0.15) is 0 Å². The lowest BCUT2D eigenvalue weighted by atomic mass is 9.77. The third-order valence-corrected chi connectivity index (χ3v) is 9.66. The summed E-state index contributed by atoms with van der Waals surface area (Å²) in [5, 5.41) is 58.7. The molecular weight excluding hydrogens is 639 g/mol. The molecule has 48 heavy (non-hydrogen) atoms. The van der Waals surface area contributed by atoms with Gasteiger partial charge in [0.25, 0.3) is 0 Å². The number of carbonyl (C=O) groups excluding carboxylic acids is 1. The Morgan fingerprint density at radius 1 is 1.04 bits per heavy atom. The first-order valence-corrected chi connectivity index (χ1v) is 16.7. The Labute approximate surface area is 278 Å². The summed E-state index contributed by atoms with van der Waals surface area (Å²) < 4.78 is 40.1. The van der Waals surface area contributed by atoms with Crippen LogP contribution in [0.5, 0.6) is 0 Å². The number of nitrogens with one attached hydrogen (secondary N) is 2. The molecule has 6 unspecified atom stereocenters. The molecule has 0 aromatic carbocycles. The van der Waals surface area contributed by atoms with Crippen LogP contribution in [0.3, 0.4) is 0 Å². The van der Waals surface area contributed by atoms with E-state index < -0.39 is 104 Å². The van der Waals surface area contributed by atoms with Crippen LogP contribution in [0, 0.1) is 11.8 Å². The van der Waals surface area contributed by atoms with Gasteiger partial charge in [-0.05, 0) is 57.2 Å². The minimum absolute atomic E-state index is 0.00685. The molecule has 3 heterocycles. The van der Waals surface area contributed by atoms with E-state index in [1.807, 2.05) is 0 Å². The molecule has 0 amide bonds. The van der Waals surface area contributed by atoms with E-state index in [0.717, 1.165) is 19.5 Å². The van der Waals surface area contributed by atoms with Gasteiger partial charge in [0.2, 0.25) is 0 Å². The molecule has 278 valence electrons. The van der Waals surface area contributed by atoms with Gasteiger partial charge in [-0.3, -0.25) is 9.79 Å². The van der Waals surface area contributed by atoms with Crippen LogP contribution in [0.2, 0.25) is 0 Å².